The molecule has 25 heavy (non-hydrogen) atoms. The summed E-state index contributed by atoms with van der Waals surface area (Å²) in [5.41, 5.74) is 0.997. The first kappa shape index (κ1) is 21.0. The van der Waals surface area contributed by atoms with Gasteiger partial charge in [0.05, 0.1) is 6.42 Å². The van der Waals surface area contributed by atoms with Gasteiger partial charge < -0.3 is 20.6 Å². The summed E-state index contributed by atoms with van der Waals surface area (Å²) in [5.74, 6) is -0.908. The first-order chi connectivity index (χ1) is 11.8. The Balaban J connectivity index is 2.65. The number of carboxylic acid groups (broad SMARTS) is 1. The molecule has 0 saturated carbocycles. The van der Waals surface area contributed by atoms with Crippen LogP contribution in [0.25, 0.3) is 0 Å². The number of rotatable bonds is 10. The molecule has 2 amide bonds. The van der Waals surface area contributed by atoms with E-state index in [9.17, 15) is 9.59 Å². The van der Waals surface area contributed by atoms with Crippen LogP contribution < -0.4 is 10.6 Å². The van der Waals surface area contributed by atoms with Gasteiger partial charge in [-0.15, -0.1) is 0 Å². The van der Waals surface area contributed by atoms with Gasteiger partial charge in [0, 0.05) is 31.7 Å². The van der Waals surface area contributed by atoms with Crippen LogP contribution in [0, 0.1) is 0 Å². The number of nitrogens with one attached hydrogen (secondary N) is 2. The van der Waals surface area contributed by atoms with E-state index < -0.39 is 5.97 Å². The van der Waals surface area contributed by atoms with Crippen molar-refractivity contribution in [2.75, 3.05) is 20.1 Å². The number of amides is 2. The molecule has 1 rings (SSSR count). The average molecular weight is 349 g/mol. The number of hydrogen-bond acceptors (Lipinski definition) is 3. The summed E-state index contributed by atoms with van der Waals surface area (Å²) in [6.45, 7) is 7.02. The molecule has 0 aliphatic carbocycles. The van der Waals surface area contributed by atoms with Crippen molar-refractivity contribution in [2.24, 2.45) is 0 Å². The van der Waals surface area contributed by atoms with Gasteiger partial charge in [-0.25, -0.2) is 4.79 Å². The Hall–Kier alpha value is -2.08. The van der Waals surface area contributed by atoms with E-state index in [0.29, 0.717) is 6.54 Å². The average Bonchev–Trinajstić information content (AvgIpc) is 2.63. The van der Waals surface area contributed by atoms with Crippen molar-refractivity contribution in [1.29, 1.82) is 0 Å². The summed E-state index contributed by atoms with van der Waals surface area (Å²) >= 11 is 0. The molecule has 6 nitrogen and oxygen atoms in total. The number of nitrogens with zero attached hydrogens (tertiary/aromatic N) is 1. The van der Waals surface area contributed by atoms with E-state index in [2.05, 4.69) is 43.5 Å². The number of benzene rings is 1. The van der Waals surface area contributed by atoms with Crippen LogP contribution in [0.3, 0.4) is 0 Å². The molecule has 140 valence electrons. The van der Waals surface area contributed by atoms with E-state index in [1.165, 1.54) is 10.5 Å². The Morgan fingerprint density at radius 2 is 1.80 bits per heavy atom. The Morgan fingerprint density at radius 3 is 2.32 bits per heavy atom. The highest BCUT2D eigenvalue weighted by molar-refractivity contribution is 5.75. The number of carboxylic acids is 1. The second-order valence-corrected chi connectivity index (χ2v) is 6.49. The second kappa shape index (κ2) is 10.0. The molecular weight excluding hydrogens is 318 g/mol. The molecule has 0 bridgehead atoms. The number of urea groups is 1. The lowest BCUT2D eigenvalue weighted by molar-refractivity contribution is -0.137. The molecule has 6 heteroatoms. The van der Waals surface area contributed by atoms with E-state index in [0.717, 1.165) is 12.8 Å². The van der Waals surface area contributed by atoms with Crippen LogP contribution in [-0.4, -0.2) is 47.7 Å². The molecule has 0 spiro atoms. The van der Waals surface area contributed by atoms with Crippen molar-refractivity contribution in [1.82, 2.24) is 15.5 Å². The lowest BCUT2D eigenvalue weighted by atomic mass is 9.90. The molecule has 0 aromatic heterocycles. The first-order valence-electron chi connectivity index (χ1n) is 8.87. The Morgan fingerprint density at radius 1 is 1.20 bits per heavy atom. The molecule has 0 aliphatic rings. The molecule has 1 aromatic rings. The minimum Gasteiger partial charge on any atom is -0.481 e. The zero-order valence-electron chi connectivity index (χ0n) is 15.7. The highest BCUT2D eigenvalue weighted by Crippen LogP contribution is 2.21. The van der Waals surface area contributed by atoms with Crippen LogP contribution in [0.15, 0.2) is 30.3 Å². The Labute approximate surface area is 150 Å². The van der Waals surface area contributed by atoms with Gasteiger partial charge in [-0.3, -0.25) is 4.79 Å². The van der Waals surface area contributed by atoms with Crippen LogP contribution in [0.1, 0.15) is 51.6 Å². The summed E-state index contributed by atoms with van der Waals surface area (Å²) in [4.78, 5) is 24.2. The summed E-state index contributed by atoms with van der Waals surface area (Å²) in [6.07, 6.45) is 1.69. The Kier molecular flexibility index (Phi) is 8.41. The van der Waals surface area contributed by atoms with E-state index in [4.69, 9.17) is 5.11 Å². The number of hydrogen-bond donors (Lipinski definition) is 3. The third kappa shape index (κ3) is 6.74. The van der Waals surface area contributed by atoms with E-state index >= 15 is 0 Å². The number of aliphatic carboxylic acids is 1. The molecule has 1 aromatic carbocycles. The SMILES string of the molecule is CCC(CC)(CNC(=O)N(C)CCC(=O)O)NC(C)c1ccccc1. The molecular formula is C19H31N3O3. The maximum atomic E-state index is 12.2. The molecule has 0 fully saturated rings. The van der Waals surface area contributed by atoms with Gasteiger partial charge in [0.25, 0.3) is 0 Å². The van der Waals surface area contributed by atoms with Gasteiger partial charge in [0.2, 0.25) is 0 Å². The third-order valence-corrected chi connectivity index (χ3v) is 4.76. The molecule has 0 radical (unpaired) electrons. The molecule has 3 N–H and O–H groups in total. The number of carbonyl (C=O) groups excluding carboxylic acids is 1. The minimum atomic E-state index is -0.908. The second-order valence-electron chi connectivity index (χ2n) is 6.49. The zero-order valence-corrected chi connectivity index (χ0v) is 15.7. The van der Waals surface area contributed by atoms with Crippen molar-refractivity contribution >= 4 is 12.0 Å². The van der Waals surface area contributed by atoms with Crippen LogP contribution in [0.2, 0.25) is 0 Å². The zero-order chi connectivity index (χ0) is 18.9. The summed E-state index contributed by atoms with van der Waals surface area (Å²) in [6, 6.07) is 10.1. The Bertz CT molecular complexity index is 544. The topological polar surface area (TPSA) is 81.7 Å². The normalized spacial score (nSPS) is 12.5. The molecule has 0 saturated heterocycles. The van der Waals surface area contributed by atoms with Crippen molar-refractivity contribution < 1.29 is 14.7 Å². The quantitative estimate of drug-likeness (QED) is 0.606. The molecule has 1 atom stereocenters. The predicted molar refractivity (Wildman–Crippen MR) is 99.6 cm³/mol. The highest BCUT2D eigenvalue weighted by Gasteiger charge is 2.29. The van der Waals surface area contributed by atoms with Gasteiger partial charge in [-0.2, -0.15) is 0 Å². The molecule has 1 unspecified atom stereocenters. The van der Waals surface area contributed by atoms with Crippen LogP contribution in [-0.2, 0) is 4.79 Å². The summed E-state index contributed by atoms with van der Waals surface area (Å²) < 4.78 is 0. The summed E-state index contributed by atoms with van der Waals surface area (Å²) in [7, 11) is 1.61. The van der Waals surface area contributed by atoms with Gasteiger partial charge in [-0.05, 0) is 25.3 Å². The lowest BCUT2D eigenvalue weighted by Gasteiger charge is -2.37. The molecule has 0 heterocycles. The van der Waals surface area contributed by atoms with Crippen molar-refractivity contribution in [2.45, 2.75) is 51.6 Å². The van der Waals surface area contributed by atoms with Crippen molar-refractivity contribution in [3.05, 3.63) is 35.9 Å². The largest absolute Gasteiger partial charge is 0.481 e. The predicted octanol–water partition coefficient (Wildman–Crippen LogP) is 3.01. The first-order valence-corrected chi connectivity index (χ1v) is 8.87. The van der Waals surface area contributed by atoms with Crippen LogP contribution in [0.5, 0.6) is 0 Å². The van der Waals surface area contributed by atoms with Crippen LogP contribution in [0.4, 0.5) is 4.79 Å². The summed E-state index contributed by atoms with van der Waals surface area (Å²) in [5, 5.41) is 15.3. The van der Waals surface area contributed by atoms with Gasteiger partial charge >= 0.3 is 12.0 Å². The standard InChI is InChI=1S/C19H31N3O3/c1-5-19(6-2,21-15(3)16-10-8-7-9-11-16)14-20-18(25)22(4)13-12-17(23)24/h7-11,15,21H,5-6,12-14H2,1-4H3,(H,20,25)(H,23,24). The minimum absolute atomic E-state index is 0.0556. The highest BCUT2D eigenvalue weighted by atomic mass is 16.4. The van der Waals surface area contributed by atoms with E-state index in [1.54, 1.807) is 7.05 Å². The van der Waals surface area contributed by atoms with Crippen LogP contribution >= 0.6 is 0 Å². The van der Waals surface area contributed by atoms with E-state index in [-0.39, 0.29) is 30.6 Å². The fourth-order valence-electron chi connectivity index (χ4n) is 2.78. The monoisotopic (exact) mass is 349 g/mol. The van der Waals surface area contributed by atoms with Gasteiger partial charge in [0.15, 0.2) is 0 Å². The fourth-order valence-corrected chi connectivity index (χ4v) is 2.78. The molecule has 0 aliphatic heterocycles. The van der Waals surface area contributed by atoms with Crippen molar-refractivity contribution in [3.8, 4) is 0 Å². The fraction of sp³-hybridized carbons (Fsp3) is 0.579. The number of carbonyl (C=O) groups is 2. The smallest absolute Gasteiger partial charge is 0.317 e. The van der Waals surface area contributed by atoms with E-state index in [1.807, 2.05) is 18.2 Å². The maximum Gasteiger partial charge on any atom is 0.317 e. The maximum absolute atomic E-state index is 12.2. The third-order valence-electron chi connectivity index (χ3n) is 4.76. The van der Waals surface area contributed by atoms with Gasteiger partial charge in [0.1, 0.15) is 0 Å². The van der Waals surface area contributed by atoms with Gasteiger partial charge in [-0.1, -0.05) is 44.2 Å². The lowest BCUT2D eigenvalue weighted by Crippen LogP contribution is -2.55. The van der Waals surface area contributed by atoms with Crippen molar-refractivity contribution in [3.63, 3.8) is 0 Å².